The minimum atomic E-state index is 0.0151. The number of hydrogen-bond donors (Lipinski definition) is 0. The number of piperazine rings is 1. The highest BCUT2D eigenvalue weighted by molar-refractivity contribution is 5.13. The Bertz CT molecular complexity index is 205. The van der Waals surface area contributed by atoms with Crippen LogP contribution >= 0.6 is 0 Å². The van der Waals surface area contributed by atoms with E-state index in [1.165, 1.54) is 0 Å². The summed E-state index contributed by atoms with van der Waals surface area (Å²) in [4.78, 5) is 4.84. The van der Waals surface area contributed by atoms with Gasteiger partial charge >= 0.3 is 0 Å². The molecule has 2 nitrogen and oxygen atoms in total. The third kappa shape index (κ3) is 2.10. The highest BCUT2D eigenvalue weighted by atomic mass is 15.3. The zero-order chi connectivity index (χ0) is 10.6. The van der Waals surface area contributed by atoms with Gasteiger partial charge in [0.25, 0.3) is 0 Å². The van der Waals surface area contributed by atoms with Gasteiger partial charge in [-0.05, 0) is 19.9 Å². The molecule has 1 aliphatic heterocycles. The van der Waals surface area contributed by atoms with E-state index in [0.29, 0.717) is 0 Å². The molecule has 0 aromatic rings. The predicted molar refractivity (Wildman–Crippen MR) is 61.2 cm³/mol. The molecule has 2 heteroatoms. The maximum atomic E-state index is 5.69. The molecule has 1 heterocycles. The lowest BCUT2D eigenvalue weighted by Crippen LogP contribution is -2.55. The van der Waals surface area contributed by atoms with Crippen molar-refractivity contribution in [2.45, 2.75) is 32.2 Å². The van der Waals surface area contributed by atoms with Gasteiger partial charge in [-0.3, -0.25) is 4.90 Å². The minimum absolute atomic E-state index is 0.0151. The van der Waals surface area contributed by atoms with Crippen molar-refractivity contribution in [3.8, 4) is 12.3 Å². The van der Waals surface area contributed by atoms with Gasteiger partial charge in [0.1, 0.15) is 0 Å². The largest absolute Gasteiger partial charge is 0.304 e. The van der Waals surface area contributed by atoms with Crippen molar-refractivity contribution in [1.82, 2.24) is 9.80 Å². The Morgan fingerprint density at radius 1 is 1.14 bits per heavy atom. The van der Waals surface area contributed by atoms with E-state index in [-0.39, 0.29) is 5.54 Å². The normalized spacial score (nSPS) is 20.7. The average molecular weight is 194 g/mol. The van der Waals surface area contributed by atoms with E-state index >= 15 is 0 Å². The third-order valence-corrected chi connectivity index (χ3v) is 3.55. The van der Waals surface area contributed by atoms with Crippen LogP contribution in [0.4, 0.5) is 0 Å². The summed E-state index contributed by atoms with van der Waals surface area (Å²) in [5.41, 5.74) is 0.0151. The second kappa shape index (κ2) is 4.82. The van der Waals surface area contributed by atoms with Crippen molar-refractivity contribution >= 4 is 0 Å². The smallest absolute Gasteiger partial charge is 0.0818 e. The Labute approximate surface area is 88.3 Å². The van der Waals surface area contributed by atoms with Crippen LogP contribution in [0.25, 0.3) is 0 Å². The third-order valence-electron chi connectivity index (χ3n) is 3.55. The lowest BCUT2D eigenvalue weighted by Gasteiger charge is -2.43. The molecule has 80 valence electrons. The SMILES string of the molecule is C#CC(CC)(CC)N1CCN(C)CC1. The van der Waals surface area contributed by atoms with E-state index in [2.05, 4.69) is 36.6 Å². The molecule has 1 rings (SSSR count). The first-order valence-electron chi connectivity index (χ1n) is 5.60. The maximum absolute atomic E-state index is 5.69. The summed E-state index contributed by atoms with van der Waals surface area (Å²) >= 11 is 0. The summed E-state index contributed by atoms with van der Waals surface area (Å²) in [5, 5.41) is 0. The van der Waals surface area contributed by atoms with E-state index in [0.717, 1.165) is 39.0 Å². The van der Waals surface area contributed by atoms with Crippen molar-refractivity contribution in [3.63, 3.8) is 0 Å². The summed E-state index contributed by atoms with van der Waals surface area (Å²) in [6, 6.07) is 0. The van der Waals surface area contributed by atoms with Gasteiger partial charge in [0.15, 0.2) is 0 Å². The Hall–Kier alpha value is -0.520. The van der Waals surface area contributed by atoms with E-state index < -0.39 is 0 Å². The van der Waals surface area contributed by atoms with Gasteiger partial charge in [0.2, 0.25) is 0 Å². The molecule has 0 bridgehead atoms. The van der Waals surface area contributed by atoms with Crippen molar-refractivity contribution in [2.24, 2.45) is 0 Å². The number of terminal acetylenes is 1. The van der Waals surface area contributed by atoms with Crippen molar-refractivity contribution in [1.29, 1.82) is 0 Å². The predicted octanol–water partition coefficient (Wildman–Crippen LogP) is 1.43. The number of likely N-dealkylation sites (N-methyl/N-ethyl adjacent to an activating group) is 1. The fourth-order valence-corrected chi connectivity index (χ4v) is 2.23. The molecular formula is C12H22N2. The van der Waals surface area contributed by atoms with Crippen LogP contribution in [0.5, 0.6) is 0 Å². The molecule has 1 fully saturated rings. The van der Waals surface area contributed by atoms with Gasteiger partial charge in [0.05, 0.1) is 5.54 Å². The first-order chi connectivity index (χ1) is 6.68. The summed E-state index contributed by atoms with van der Waals surface area (Å²) in [6.45, 7) is 8.90. The molecule has 0 aromatic carbocycles. The van der Waals surface area contributed by atoms with Crippen LogP contribution < -0.4 is 0 Å². The van der Waals surface area contributed by atoms with Crippen molar-refractivity contribution in [2.75, 3.05) is 33.2 Å². The number of hydrogen-bond acceptors (Lipinski definition) is 2. The summed E-state index contributed by atoms with van der Waals surface area (Å²) in [6.07, 6.45) is 7.81. The molecule has 14 heavy (non-hydrogen) atoms. The quantitative estimate of drug-likeness (QED) is 0.627. The molecule has 0 N–H and O–H groups in total. The van der Waals surface area contributed by atoms with E-state index in [1.807, 2.05) is 0 Å². The fraction of sp³-hybridized carbons (Fsp3) is 0.833. The minimum Gasteiger partial charge on any atom is -0.304 e. The lowest BCUT2D eigenvalue weighted by atomic mass is 9.91. The lowest BCUT2D eigenvalue weighted by molar-refractivity contribution is 0.0696. The topological polar surface area (TPSA) is 6.48 Å². The molecule has 1 saturated heterocycles. The highest BCUT2D eigenvalue weighted by Crippen LogP contribution is 2.24. The second-order valence-electron chi connectivity index (χ2n) is 4.17. The zero-order valence-corrected chi connectivity index (χ0v) is 9.71. The Balaban J connectivity index is 2.66. The summed E-state index contributed by atoms with van der Waals surface area (Å²) in [5.74, 6) is 3.01. The molecular weight excluding hydrogens is 172 g/mol. The van der Waals surface area contributed by atoms with Crippen LogP contribution in [0.15, 0.2) is 0 Å². The van der Waals surface area contributed by atoms with E-state index in [1.54, 1.807) is 0 Å². The summed E-state index contributed by atoms with van der Waals surface area (Å²) in [7, 11) is 2.17. The summed E-state index contributed by atoms with van der Waals surface area (Å²) < 4.78 is 0. The van der Waals surface area contributed by atoms with Crippen LogP contribution in [0.1, 0.15) is 26.7 Å². The first kappa shape index (κ1) is 11.6. The molecule has 0 aliphatic carbocycles. The molecule has 0 saturated carbocycles. The number of rotatable bonds is 3. The van der Waals surface area contributed by atoms with Gasteiger partial charge < -0.3 is 4.90 Å². The first-order valence-corrected chi connectivity index (χ1v) is 5.60. The molecule has 0 spiro atoms. The highest BCUT2D eigenvalue weighted by Gasteiger charge is 2.32. The molecule has 0 radical (unpaired) electrons. The maximum Gasteiger partial charge on any atom is 0.0818 e. The van der Waals surface area contributed by atoms with Gasteiger partial charge in [-0.1, -0.05) is 19.8 Å². The zero-order valence-electron chi connectivity index (χ0n) is 9.71. The molecule has 0 atom stereocenters. The van der Waals surface area contributed by atoms with Gasteiger partial charge in [-0.15, -0.1) is 6.42 Å². The standard InChI is InChI=1S/C12H22N2/c1-5-12(6-2,7-3)14-10-8-13(4)9-11-14/h1H,6-11H2,2-4H3. The number of nitrogens with zero attached hydrogens (tertiary/aromatic N) is 2. The van der Waals surface area contributed by atoms with Crippen molar-refractivity contribution < 1.29 is 0 Å². The van der Waals surface area contributed by atoms with Crippen molar-refractivity contribution in [3.05, 3.63) is 0 Å². The van der Waals surface area contributed by atoms with Gasteiger partial charge in [0, 0.05) is 26.2 Å². The molecule has 0 unspecified atom stereocenters. The molecule has 1 aliphatic rings. The van der Waals surface area contributed by atoms with Gasteiger partial charge in [-0.25, -0.2) is 0 Å². The average Bonchev–Trinajstić information content (AvgIpc) is 2.24. The molecule has 0 aromatic heterocycles. The fourth-order valence-electron chi connectivity index (χ4n) is 2.23. The van der Waals surface area contributed by atoms with Gasteiger partial charge in [-0.2, -0.15) is 0 Å². The van der Waals surface area contributed by atoms with Crippen LogP contribution in [-0.4, -0.2) is 48.6 Å². The Morgan fingerprint density at radius 3 is 2.00 bits per heavy atom. The molecule has 0 amide bonds. The van der Waals surface area contributed by atoms with E-state index in [9.17, 15) is 0 Å². The van der Waals surface area contributed by atoms with Crippen LogP contribution in [0, 0.1) is 12.3 Å². The van der Waals surface area contributed by atoms with Crippen LogP contribution in [-0.2, 0) is 0 Å². The van der Waals surface area contributed by atoms with E-state index in [4.69, 9.17) is 6.42 Å². The van der Waals surface area contributed by atoms with Crippen LogP contribution in [0.3, 0.4) is 0 Å². The second-order valence-corrected chi connectivity index (χ2v) is 4.17. The monoisotopic (exact) mass is 194 g/mol. The Kier molecular flexibility index (Phi) is 3.97. The Morgan fingerprint density at radius 2 is 1.64 bits per heavy atom. The van der Waals surface area contributed by atoms with Crippen LogP contribution in [0.2, 0.25) is 0 Å².